The Morgan fingerprint density at radius 1 is 1.03 bits per heavy atom. The van der Waals surface area contributed by atoms with Crippen LogP contribution in [0, 0.1) is 13.8 Å². The average Bonchev–Trinajstić information content (AvgIpc) is 3.19. The topological polar surface area (TPSA) is 66.9 Å². The number of imidazole rings is 1. The molecule has 0 bridgehead atoms. The molecule has 4 heterocycles. The van der Waals surface area contributed by atoms with Crippen LogP contribution in [-0.4, -0.2) is 63.9 Å². The van der Waals surface area contributed by atoms with Gasteiger partial charge in [0.05, 0.1) is 22.6 Å². The first-order valence-corrected chi connectivity index (χ1v) is 11.3. The Labute approximate surface area is 187 Å². The molecule has 1 saturated heterocycles. The summed E-state index contributed by atoms with van der Waals surface area (Å²) >= 11 is 0. The number of nitrogens with zero attached hydrogens (tertiary/aromatic N) is 5. The van der Waals surface area contributed by atoms with Crippen LogP contribution >= 0.6 is 0 Å². The molecule has 7 nitrogen and oxygen atoms in total. The molecule has 1 fully saturated rings. The maximum absolute atomic E-state index is 12.8. The fourth-order valence-corrected chi connectivity index (χ4v) is 4.50. The van der Waals surface area contributed by atoms with Gasteiger partial charge in [0.1, 0.15) is 5.58 Å². The predicted octanol–water partition coefficient (Wildman–Crippen LogP) is 3.30. The Bertz CT molecular complexity index is 1330. The highest BCUT2D eigenvalue weighted by Crippen LogP contribution is 2.23. The molecule has 0 saturated carbocycles. The Morgan fingerprint density at radius 2 is 1.84 bits per heavy atom. The molecule has 0 radical (unpaired) electrons. The zero-order valence-electron chi connectivity index (χ0n) is 19.0. The number of benzene rings is 1. The number of fused-ring (bicyclic) bond motifs is 2. The van der Waals surface area contributed by atoms with Crippen molar-refractivity contribution in [2.75, 3.05) is 39.8 Å². The van der Waals surface area contributed by atoms with Crippen molar-refractivity contribution in [1.29, 1.82) is 0 Å². The van der Waals surface area contributed by atoms with Gasteiger partial charge < -0.3 is 18.6 Å². The fourth-order valence-electron chi connectivity index (χ4n) is 4.50. The summed E-state index contributed by atoms with van der Waals surface area (Å²) in [5.41, 5.74) is 5.04. The number of piperazine rings is 1. The van der Waals surface area contributed by atoms with Gasteiger partial charge in [-0.25, -0.2) is 9.78 Å². The van der Waals surface area contributed by atoms with Crippen LogP contribution in [0.2, 0.25) is 0 Å². The van der Waals surface area contributed by atoms with Crippen LogP contribution in [-0.2, 0) is 6.42 Å². The molecule has 3 aromatic heterocycles. The zero-order valence-corrected chi connectivity index (χ0v) is 19.0. The van der Waals surface area contributed by atoms with Gasteiger partial charge >= 0.3 is 5.63 Å². The van der Waals surface area contributed by atoms with E-state index in [1.165, 1.54) is 5.56 Å². The number of likely N-dealkylation sites (N-methyl/N-ethyl adjacent to an activating group) is 1. The maximum Gasteiger partial charge on any atom is 0.345 e. The summed E-state index contributed by atoms with van der Waals surface area (Å²) in [6.07, 6.45) is 5.86. The molecule has 1 aromatic carbocycles. The van der Waals surface area contributed by atoms with Crippen LogP contribution in [0.25, 0.3) is 27.9 Å². The van der Waals surface area contributed by atoms with Crippen LogP contribution in [0.15, 0.2) is 45.9 Å². The maximum atomic E-state index is 12.8. The minimum atomic E-state index is -0.363. The molecule has 0 N–H and O–H groups in total. The molecule has 0 unspecified atom stereocenters. The molecular formula is C25H29N5O2. The molecule has 0 atom stereocenters. The summed E-state index contributed by atoms with van der Waals surface area (Å²) < 4.78 is 7.63. The number of rotatable bonds is 5. The van der Waals surface area contributed by atoms with Crippen LogP contribution in [0.1, 0.15) is 23.4 Å². The third-order valence-electron chi connectivity index (χ3n) is 6.34. The SMILES string of the molecule is Cc1cn2cc(-c3cc4ccc(CCCN5CCN(C)CC5)cc4oc3=O)nc2c(C)n1. The number of hydrogen-bond acceptors (Lipinski definition) is 6. The van der Waals surface area contributed by atoms with E-state index in [4.69, 9.17) is 4.42 Å². The van der Waals surface area contributed by atoms with Gasteiger partial charge in [-0.05, 0) is 58.0 Å². The molecular weight excluding hydrogens is 402 g/mol. The Kier molecular flexibility index (Phi) is 5.53. The molecule has 7 heteroatoms. The molecule has 0 amide bonds. The Morgan fingerprint density at radius 3 is 2.66 bits per heavy atom. The minimum absolute atomic E-state index is 0.363. The second-order valence-corrected chi connectivity index (χ2v) is 8.89. The van der Waals surface area contributed by atoms with E-state index in [2.05, 4.69) is 32.9 Å². The normalized spacial score (nSPS) is 15.7. The zero-order chi connectivity index (χ0) is 22.2. The lowest BCUT2D eigenvalue weighted by Gasteiger charge is -2.32. The van der Waals surface area contributed by atoms with E-state index >= 15 is 0 Å². The average molecular weight is 432 g/mol. The standard InChI is InChI=1S/C25H29N5O2/c1-17-15-30-16-22(27-24(30)18(2)26-17)21-14-20-7-6-19(13-23(20)32-25(21)31)5-4-8-29-11-9-28(3)10-12-29/h6-7,13-16H,4-5,8-12H2,1-3H3. The van der Waals surface area contributed by atoms with Crippen molar-refractivity contribution >= 4 is 16.6 Å². The highest BCUT2D eigenvalue weighted by atomic mass is 16.4. The van der Waals surface area contributed by atoms with Crippen LogP contribution < -0.4 is 5.63 Å². The summed E-state index contributed by atoms with van der Waals surface area (Å²) in [6.45, 7) is 9.55. The molecule has 1 aliphatic heterocycles. The number of aromatic nitrogens is 3. The number of hydrogen-bond donors (Lipinski definition) is 0. The van der Waals surface area contributed by atoms with Gasteiger partial charge in [-0.3, -0.25) is 4.98 Å². The molecule has 0 spiro atoms. The molecule has 166 valence electrons. The molecule has 5 rings (SSSR count). The first-order valence-electron chi connectivity index (χ1n) is 11.3. The molecule has 4 aromatic rings. The summed E-state index contributed by atoms with van der Waals surface area (Å²) in [4.78, 5) is 26.8. The monoisotopic (exact) mass is 431 g/mol. The molecule has 32 heavy (non-hydrogen) atoms. The van der Waals surface area contributed by atoms with Crippen molar-refractivity contribution < 1.29 is 4.42 Å². The number of aryl methyl sites for hydroxylation is 3. The lowest BCUT2D eigenvalue weighted by Crippen LogP contribution is -2.44. The Hall–Kier alpha value is -3.03. The van der Waals surface area contributed by atoms with Crippen molar-refractivity contribution in [1.82, 2.24) is 24.2 Å². The second kappa shape index (κ2) is 8.48. The van der Waals surface area contributed by atoms with Gasteiger partial charge in [0.2, 0.25) is 0 Å². The highest BCUT2D eigenvalue weighted by molar-refractivity contribution is 5.81. The van der Waals surface area contributed by atoms with E-state index < -0.39 is 0 Å². The van der Waals surface area contributed by atoms with Gasteiger partial charge in [0.15, 0.2) is 5.65 Å². The molecule has 0 aliphatic carbocycles. The van der Waals surface area contributed by atoms with Crippen molar-refractivity contribution in [2.45, 2.75) is 26.7 Å². The van der Waals surface area contributed by atoms with Crippen molar-refractivity contribution in [2.24, 2.45) is 0 Å². The lowest BCUT2D eigenvalue weighted by atomic mass is 10.1. The van der Waals surface area contributed by atoms with E-state index in [9.17, 15) is 4.79 Å². The summed E-state index contributed by atoms with van der Waals surface area (Å²) in [5, 5.41) is 0.908. The predicted molar refractivity (Wildman–Crippen MR) is 126 cm³/mol. The van der Waals surface area contributed by atoms with Crippen molar-refractivity contribution in [3.05, 3.63) is 64.0 Å². The van der Waals surface area contributed by atoms with Gasteiger partial charge in [-0.15, -0.1) is 0 Å². The van der Waals surface area contributed by atoms with E-state index in [-0.39, 0.29) is 5.63 Å². The van der Waals surface area contributed by atoms with E-state index in [0.29, 0.717) is 16.8 Å². The van der Waals surface area contributed by atoms with Gasteiger partial charge in [0, 0.05) is 44.0 Å². The highest BCUT2D eigenvalue weighted by Gasteiger charge is 2.15. The van der Waals surface area contributed by atoms with Crippen LogP contribution in [0.3, 0.4) is 0 Å². The van der Waals surface area contributed by atoms with Crippen LogP contribution in [0.5, 0.6) is 0 Å². The van der Waals surface area contributed by atoms with Crippen LogP contribution in [0.4, 0.5) is 0 Å². The lowest BCUT2D eigenvalue weighted by molar-refractivity contribution is 0.153. The third-order valence-corrected chi connectivity index (χ3v) is 6.34. The second-order valence-electron chi connectivity index (χ2n) is 8.89. The van der Waals surface area contributed by atoms with Gasteiger partial charge in [-0.2, -0.15) is 0 Å². The summed E-state index contributed by atoms with van der Waals surface area (Å²) in [7, 11) is 2.18. The Balaban J connectivity index is 1.35. The largest absolute Gasteiger partial charge is 0.422 e. The van der Waals surface area contributed by atoms with Crippen molar-refractivity contribution in [3.63, 3.8) is 0 Å². The van der Waals surface area contributed by atoms with Crippen molar-refractivity contribution in [3.8, 4) is 11.3 Å². The summed E-state index contributed by atoms with van der Waals surface area (Å²) in [6, 6.07) is 8.06. The van der Waals surface area contributed by atoms with E-state index in [0.717, 1.165) is 68.0 Å². The van der Waals surface area contributed by atoms with E-state index in [1.807, 2.05) is 48.8 Å². The quantitative estimate of drug-likeness (QED) is 0.452. The van der Waals surface area contributed by atoms with Gasteiger partial charge in [0.25, 0.3) is 0 Å². The third kappa shape index (κ3) is 4.18. The van der Waals surface area contributed by atoms with E-state index in [1.54, 1.807) is 0 Å². The fraction of sp³-hybridized carbons (Fsp3) is 0.400. The first-order chi connectivity index (χ1) is 15.5. The first kappa shape index (κ1) is 20.8. The molecule has 1 aliphatic rings. The summed E-state index contributed by atoms with van der Waals surface area (Å²) in [5.74, 6) is 0. The smallest absolute Gasteiger partial charge is 0.345 e. The minimum Gasteiger partial charge on any atom is -0.422 e. The van der Waals surface area contributed by atoms with Gasteiger partial charge in [-0.1, -0.05) is 12.1 Å².